The van der Waals surface area contributed by atoms with Crippen LogP contribution in [0.2, 0.25) is 5.02 Å². The van der Waals surface area contributed by atoms with E-state index in [0.29, 0.717) is 5.41 Å². The number of likely N-dealkylation sites (tertiary alicyclic amines) is 1. The molecule has 1 N–H and O–H groups in total. The Balaban J connectivity index is 0.00000108. The quantitative estimate of drug-likeness (QED) is 0.901. The normalized spacial score (nSPS) is 28.8. The van der Waals surface area contributed by atoms with Crippen molar-refractivity contribution in [2.24, 2.45) is 5.41 Å². The Kier molecular flexibility index (Phi) is 4.37. The first-order chi connectivity index (χ1) is 7.77. The summed E-state index contributed by atoms with van der Waals surface area (Å²) < 4.78 is 0. The van der Waals surface area contributed by atoms with Crippen LogP contribution >= 0.6 is 35.3 Å². The summed E-state index contributed by atoms with van der Waals surface area (Å²) in [5.74, 6) is 0. The molecule has 2 fully saturated rings. The Bertz CT molecular complexity index is 374. The fourth-order valence-electron chi connectivity index (χ4n) is 2.95. The van der Waals surface area contributed by atoms with Crippen molar-refractivity contribution in [1.29, 1.82) is 0 Å². The van der Waals surface area contributed by atoms with Gasteiger partial charge in [-0.1, -0.05) is 11.6 Å². The number of nitrogens with zero attached hydrogens (tertiary/aromatic N) is 1. The first-order valence-corrected chi connectivity index (χ1v) is 7.18. The molecule has 2 aliphatic rings. The van der Waals surface area contributed by atoms with E-state index in [9.17, 15) is 0 Å². The highest BCUT2D eigenvalue weighted by Gasteiger charge is 2.40. The van der Waals surface area contributed by atoms with Crippen molar-refractivity contribution >= 4 is 35.3 Å². The lowest BCUT2D eigenvalue weighted by Gasteiger charge is -2.22. The average molecular weight is 293 g/mol. The summed E-state index contributed by atoms with van der Waals surface area (Å²) in [6.45, 7) is 5.93. The van der Waals surface area contributed by atoms with Crippen LogP contribution < -0.4 is 5.32 Å². The van der Waals surface area contributed by atoms with Gasteiger partial charge in [0, 0.05) is 24.5 Å². The van der Waals surface area contributed by atoms with Crippen molar-refractivity contribution in [3.63, 3.8) is 0 Å². The number of thiophene rings is 1. The number of hydrogen-bond donors (Lipinski definition) is 1. The van der Waals surface area contributed by atoms with Crippen molar-refractivity contribution in [2.45, 2.75) is 19.4 Å². The van der Waals surface area contributed by atoms with Crippen molar-refractivity contribution in [3.8, 4) is 0 Å². The van der Waals surface area contributed by atoms with Gasteiger partial charge in [-0.15, -0.1) is 23.7 Å². The molecule has 1 atom stereocenters. The number of halogens is 2. The smallest absolute Gasteiger partial charge is 0.0558 e. The molecule has 1 unspecified atom stereocenters. The number of rotatable bonds is 2. The second-order valence-electron chi connectivity index (χ2n) is 5.08. The molecule has 0 aliphatic carbocycles. The highest BCUT2D eigenvalue weighted by atomic mass is 35.5. The van der Waals surface area contributed by atoms with Gasteiger partial charge in [0.05, 0.1) is 5.02 Å². The summed E-state index contributed by atoms with van der Waals surface area (Å²) in [6.07, 6.45) is 2.70. The highest BCUT2D eigenvalue weighted by molar-refractivity contribution is 7.10. The molecule has 1 aromatic rings. The van der Waals surface area contributed by atoms with Crippen LogP contribution in [0.5, 0.6) is 0 Å². The SMILES string of the molecule is Cl.Clc1ccsc1CN1CCC2(CCNC2)C1. The molecule has 0 saturated carbocycles. The molecule has 1 aromatic heterocycles. The maximum Gasteiger partial charge on any atom is 0.0558 e. The van der Waals surface area contributed by atoms with Crippen molar-refractivity contribution in [3.05, 3.63) is 21.3 Å². The lowest BCUT2D eigenvalue weighted by Crippen LogP contribution is -2.28. The highest BCUT2D eigenvalue weighted by Crippen LogP contribution is 2.37. The van der Waals surface area contributed by atoms with Gasteiger partial charge in [-0.25, -0.2) is 0 Å². The van der Waals surface area contributed by atoms with E-state index in [4.69, 9.17) is 11.6 Å². The summed E-state index contributed by atoms with van der Waals surface area (Å²) >= 11 is 7.92. The summed E-state index contributed by atoms with van der Waals surface area (Å²) in [5, 5.41) is 6.52. The van der Waals surface area contributed by atoms with Crippen molar-refractivity contribution in [1.82, 2.24) is 10.2 Å². The zero-order valence-corrected chi connectivity index (χ0v) is 12.1. The van der Waals surface area contributed by atoms with E-state index in [1.54, 1.807) is 11.3 Å². The summed E-state index contributed by atoms with van der Waals surface area (Å²) in [4.78, 5) is 3.88. The van der Waals surface area contributed by atoms with E-state index >= 15 is 0 Å². The van der Waals surface area contributed by atoms with E-state index in [1.807, 2.05) is 6.07 Å². The molecule has 0 bridgehead atoms. The fourth-order valence-corrected chi connectivity index (χ4v) is 4.08. The van der Waals surface area contributed by atoms with E-state index in [-0.39, 0.29) is 12.4 Å². The third-order valence-electron chi connectivity index (χ3n) is 3.91. The predicted octanol–water partition coefficient (Wildman–Crippen LogP) is 3.01. The minimum atomic E-state index is 0. The van der Waals surface area contributed by atoms with Gasteiger partial charge in [0.25, 0.3) is 0 Å². The standard InChI is InChI=1S/C12H17ClN2S.ClH/c13-10-1-6-16-11(10)7-15-5-3-12(9-15)2-4-14-8-12;/h1,6,14H,2-5,7-9H2;1H. The van der Waals surface area contributed by atoms with Gasteiger partial charge in [0.1, 0.15) is 0 Å². The second-order valence-corrected chi connectivity index (χ2v) is 6.49. The van der Waals surface area contributed by atoms with E-state index < -0.39 is 0 Å². The molecule has 0 aromatic carbocycles. The first kappa shape index (κ1) is 13.6. The van der Waals surface area contributed by atoms with Gasteiger partial charge in [0.2, 0.25) is 0 Å². The maximum absolute atomic E-state index is 6.14. The topological polar surface area (TPSA) is 15.3 Å². The minimum absolute atomic E-state index is 0. The van der Waals surface area contributed by atoms with E-state index in [0.717, 1.165) is 11.6 Å². The molecule has 17 heavy (non-hydrogen) atoms. The Morgan fingerprint density at radius 3 is 3.00 bits per heavy atom. The minimum Gasteiger partial charge on any atom is -0.316 e. The van der Waals surface area contributed by atoms with Gasteiger partial charge in [-0.2, -0.15) is 0 Å². The average Bonchev–Trinajstić information content (AvgIpc) is 2.96. The van der Waals surface area contributed by atoms with Crippen LogP contribution in [0.3, 0.4) is 0 Å². The molecular formula is C12H18Cl2N2S. The Hall–Kier alpha value is 0.200. The van der Waals surface area contributed by atoms with Crippen LogP contribution in [0.15, 0.2) is 11.4 Å². The lowest BCUT2D eigenvalue weighted by atomic mass is 9.87. The van der Waals surface area contributed by atoms with Crippen LogP contribution in [0, 0.1) is 5.41 Å². The number of hydrogen-bond acceptors (Lipinski definition) is 3. The first-order valence-electron chi connectivity index (χ1n) is 5.92. The van der Waals surface area contributed by atoms with Gasteiger partial charge in [-0.3, -0.25) is 4.90 Å². The predicted molar refractivity (Wildman–Crippen MR) is 76.4 cm³/mol. The molecule has 2 saturated heterocycles. The molecule has 3 rings (SSSR count). The molecule has 0 radical (unpaired) electrons. The lowest BCUT2D eigenvalue weighted by molar-refractivity contribution is 0.270. The molecule has 96 valence electrons. The third kappa shape index (κ3) is 2.79. The Morgan fingerprint density at radius 2 is 2.35 bits per heavy atom. The second kappa shape index (κ2) is 5.45. The van der Waals surface area contributed by atoms with Crippen molar-refractivity contribution in [2.75, 3.05) is 26.2 Å². The summed E-state index contributed by atoms with van der Waals surface area (Å²) in [7, 11) is 0. The third-order valence-corrected chi connectivity index (χ3v) is 5.28. The zero-order chi connectivity index (χ0) is 11.0. The fraction of sp³-hybridized carbons (Fsp3) is 0.667. The van der Waals surface area contributed by atoms with Crippen molar-refractivity contribution < 1.29 is 0 Å². The van der Waals surface area contributed by atoms with Crippen LogP contribution in [0.4, 0.5) is 0 Å². The Labute approximate surface area is 118 Å². The molecule has 0 amide bonds. The van der Waals surface area contributed by atoms with Gasteiger partial charge in [0.15, 0.2) is 0 Å². The molecule has 2 nitrogen and oxygen atoms in total. The molecule has 2 aliphatic heterocycles. The van der Waals surface area contributed by atoms with Gasteiger partial charge >= 0.3 is 0 Å². The van der Waals surface area contributed by atoms with Crippen LogP contribution in [0.25, 0.3) is 0 Å². The number of nitrogens with one attached hydrogen (secondary N) is 1. The summed E-state index contributed by atoms with van der Waals surface area (Å²) in [6, 6.07) is 2.00. The summed E-state index contributed by atoms with van der Waals surface area (Å²) in [5.41, 5.74) is 0.573. The molecular weight excluding hydrogens is 275 g/mol. The van der Waals surface area contributed by atoms with Crippen LogP contribution in [0.1, 0.15) is 17.7 Å². The van der Waals surface area contributed by atoms with E-state index in [1.165, 1.54) is 43.9 Å². The molecule has 1 spiro atoms. The Morgan fingerprint density at radius 1 is 1.47 bits per heavy atom. The maximum atomic E-state index is 6.14. The van der Waals surface area contributed by atoms with Crippen LogP contribution in [-0.4, -0.2) is 31.1 Å². The molecule has 3 heterocycles. The van der Waals surface area contributed by atoms with E-state index in [2.05, 4.69) is 15.6 Å². The monoisotopic (exact) mass is 292 g/mol. The largest absolute Gasteiger partial charge is 0.316 e. The molecule has 5 heteroatoms. The zero-order valence-electron chi connectivity index (χ0n) is 9.75. The van der Waals surface area contributed by atoms with Crippen LogP contribution in [-0.2, 0) is 6.54 Å². The van der Waals surface area contributed by atoms with Gasteiger partial charge < -0.3 is 5.32 Å². The van der Waals surface area contributed by atoms with Gasteiger partial charge in [-0.05, 0) is 42.8 Å².